The molecule has 0 spiro atoms. The quantitative estimate of drug-likeness (QED) is 0.646. The number of hydrogen-bond acceptors (Lipinski definition) is 2. The number of rotatable bonds is 2. The first-order valence-corrected chi connectivity index (χ1v) is 4.32. The summed E-state index contributed by atoms with van der Waals surface area (Å²) < 4.78 is 0. The molecule has 0 fully saturated rings. The highest BCUT2D eigenvalue weighted by Gasteiger charge is 2.03. The van der Waals surface area contributed by atoms with E-state index in [1.165, 1.54) is 0 Å². The molecule has 0 aliphatic rings. The third kappa shape index (κ3) is 25.7. The van der Waals surface area contributed by atoms with Crippen molar-refractivity contribution < 1.29 is 0 Å². The van der Waals surface area contributed by atoms with E-state index < -0.39 is 0 Å². The van der Waals surface area contributed by atoms with Gasteiger partial charge in [0.15, 0.2) is 0 Å². The lowest BCUT2D eigenvalue weighted by Crippen LogP contribution is -2.30. The van der Waals surface area contributed by atoms with Crippen molar-refractivity contribution in [3.8, 4) is 0 Å². The van der Waals surface area contributed by atoms with Crippen molar-refractivity contribution in [1.29, 1.82) is 0 Å². The summed E-state index contributed by atoms with van der Waals surface area (Å²) in [6.45, 7) is 11.1. The summed E-state index contributed by atoms with van der Waals surface area (Å²) in [5.74, 6) is 0.662. The third-order valence-electron chi connectivity index (χ3n) is 1.38. The fourth-order valence-electron chi connectivity index (χ4n) is 0. The van der Waals surface area contributed by atoms with E-state index in [0.717, 1.165) is 13.0 Å². The van der Waals surface area contributed by atoms with Crippen LogP contribution in [-0.4, -0.2) is 12.1 Å². The van der Waals surface area contributed by atoms with Crippen LogP contribution in [0.3, 0.4) is 0 Å². The van der Waals surface area contributed by atoms with Gasteiger partial charge in [-0.05, 0) is 32.7 Å². The van der Waals surface area contributed by atoms with Crippen molar-refractivity contribution in [1.82, 2.24) is 0 Å². The van der Waals surface area contributed by atoms with E-state index in [2.05, 4.69) is 20.8 Å². The minimum Gasteiger partial charge on any atom is -0.330 e. The molecule has 0 atom stereocenters. The van der Waals surface area contributed by atoms with Crippen LogP contribution in [0.25, 0.3) is 0 Å². The van der Waals surface area contributed by atoms with Gasteiger partial charge in [0.2, 0.25) is 0 Å². The maximum Gasteiger partial charge on any atom is 0.00944 e. The predicted octanol–water partition coefficient (Wildman–Crippen LogP) is 1.73. The zero-order chi connectivity index (χ0) is 9.49. The van der Waals surface area contributed by atoms with Gasteiger partial charge in [-0.3, -0.25) is 0 Å². The Morgan fingerprint density at radius 2 is 1.45 bits per heavy atom. The molecule has 0 rings (SSSR count). The minimum absolute atomic E-state index is 0.0417. The Labute approximate surface area is 71.3 Å². The first kappa shape index (κ1) is 13.5. The zero-order valence-electron chi connectivity index (χ0n) is 8.65. The van der Waals surface area contributed by atoms with E-state index >= 15 is 0 Å². The highest BCUT2D eigenvalue weighted by molar-refractivity contribution is 4.66. The molecule has 2 nitrogen and oxygen atoms in total. The molecule has 0 aromatic rings. The Balaban J connectivity index is 0. The van der Waals surface area contributed by atoms with E-state index in [-0.39, 0.29) is 5.54 Å². The van der Waals surface area contributed by atoms with Gasteiger partial charge in [0.05, 0.1) is 0 Å². The normalized spacial score (nSPS) is 10.9. The first-order valence-electron chi connectivity index (χ1n) is 4.32. The molecule has 0 saturated carbocycles. The lowest BCUT2D eigenvalue weighted by Gasteiger charge is -2.13. The fraction of sp³-hybridized carbons (Fsp3) is 1.00. The van der Waals surface area contributed by atoms with Crippen molar-refractivity contribution in [3.05, 3.63) is 0 Å². The molecular formula is C9H24N2. The van der Waals surface area contributed by atoms with Crippen molar-refractivity contribution >= 4 is 0 Å². The van der Waals surface area contributed by atoms with Gasteiger partial charge >= 0.3 is 0 Å². The standard InChI is InChI=1S/C5H13N.C4H11N/c1-4-5(2,3)6;1-4(2)3-5/h4,6H2,1-3H3;4H,3,5H2,1-2H3. The fourth-order valence-corrected chi connectivity index (χ4v) is 0. The average molecular weight is 160 g/mol. The average Bonchev–Trinajstić information content (AvgIpc) is 1.88. The molecule has 0 radical (unpaired) electrons. The summed E-state index contributed by atoms with van der Waals surface area (Å²) in [6, 6.07) is 0. The van der Waals surface area contributed by atoms with Crippen LogP contribution >= 0.6 is 0 Å². The molecule has 0 bridgehead atoms. The second kappa shape index (κ2) is 6.62. The summed E-state index contributed by atoms with van der Waals surface area (Å²) in [5.41, 5.74) is 10.7. The van der Waals surface area contributed by atoms with Crippen LogP contribution in [0.1, 0.15) is 41.0 Å². The van der Waals surface area contributed by atoms with Gasteiger partial charge in [0, 0.05) is 5.54 Å². The largest absolute Gasteiger partial charge is 0.330 e. The number of nitrogens with two attached hydrogens (primary N) is 2. The summed E-state index contributed by atoms with van der Waals surface area (Å²) in [7, 11) is 0. The molecule has 4 N–H and O–H groups in total. The van der Waals surface area contributed by atoms with Crippen molar-refractivity contribution in [2.24, 2.45) is 17.4 Å². The zero-order valence-corrected chi connectivity index (χ0v) is 8.65. The molecule has 0 heterocycles. The minimum atomic E-state index is 0.0417. The summed E-state index contributed by atoms with van der Waals surface area (Å²) >= 11 is 0. The van der Waals surface area contributed by atoms with Gasteiger partial charge in [-0.2, -0.15) is 0 Å². The van der Waals surface area contributed by atoms with E-state index in [1.807, 2.05) is 13.8 Å². The third-order valence-corrected chi connectivity index (χ3v) is 1.38. The molecule has 0 amide bonds. The van der Waals surface area contributed by atoms with Gasteiger partial charge in [-0.15, -0.1) is 0 Å². The van der Waals surface area contributed by atoms with Crippen LogP contribution in [-0.2, 0) is 0 Å². The maximum atomic E-state index is 5.53. The molecule has 0 aromatic heterocycles. The lowest BCUT2D eigenvalue weighted by atomic mass is 10.1. The Kier molecular flexibility index (Phi) is 8.13. The molecule has 0 aliphatic heterocycles. The highest BCUT2D eigenvalue weighted by Crippen LogP contribution is 1.99. The van der Waals surface area contributed by atoms with Gasteiger partial charge in [-0.25, -0.2) is 0 Å². The highest BCUT2D eigenvalue weighted by atomic mass is 14.7. The van der Waals surface area contributed by atoms with Crippen LogP contribution in [0.15, 0.2) is 0 Å². The molecule has 70 valence electrons. The van der Waals surface area contributed by atoms with Gasteiger partial charge < -0.3 is 11.5 Å². The molecule has 2 heteroatoms. The Hall–Kier alpha value is -0.0800. The van der Waals surface area contributed by atoms with Crippen LogP contribution in [0.4, 0.5) is 0 Å². The van der Waals surface area contributed by atoms with E-state index in [4.69, 9.17) is 11.5 Å². The van der Waals surface area contributed by atoms with E-state index in [9.17, 15) is 0 Å². The van der Waals surface area contributed by atoms with Crippen LogP contribution < -0.4 is 11.5 Å². The molecule has 0 aromatic carbocycles. The smallest absolute Gasteiger partial charge is 0.00944 e. The Morgan fingerprint density at radius 1 is 1.27 bits per heavy atom. The maximum absolute atomic E-state index is 5.53. The molecule has 11 heavy (non-hydrogen) atoms. The second-order valence-corrected chi connectivity index (χ2v) is 3.97. The molecule has 0 unspecified atom stereocenters. The van der Waals surface area contributed by atoms with Crippen molar-refractivity contribution in [2.75, 3.05) is 6.54 Å². The summed E-state index contributed by atoms with van der Waals surface area (Å²) in [4.78, 5) is 0. The first-order chi connectivity index (χ1) is 4.83. The van der Waals surface area contributed by atoms with Crippen LogP contribution in [0.5, 0.6) is 0 Å². The van der Waals surface area contributed by atoms with Crippen LogP contribution in [0.2, 0.25) is 0 Å². The Morgan fingerprint density at radius 3 is 1.45 bits per heavy atom. The lowest BCUT2D eigenvalue weighted by molar-refractivity contribution is 0.501. The Bertz CT molecular complexity index is 72.1. The van der Waals surface area contributed by atoms with Gasteiger partial charge in [-0.1, -0.05) is 20.8 Å². The van der Waals surface area contributed by atoms with Gasteiger partial charge in [0.1, 0.15) is 0 Å². The SMILES string of the molecule is CC(C)CN.CCC(C)(C)N. The monoisotopic (exact) mass is 160 g/mol. The van der Waals surface area contributed by atoms with Crippen LogP contribution in [0, 0.1) is 5.92 Å². The molecular weight excluding hydrogens is 136 g/mol. The van der Waals surface area contributed by atoms with E-state index in [0.29, 0.717) is 5.92 Å². The predicted molar refractivity (Wildman–Crippen MR) is 52.4 cm³/mol. The van der Waals surface area contributed by atoms with E-state index in [1.54, 1.807) is 0 Å². The van der Waals surface area contributed by atoms with Crippen molar-refractivity contribution in [2.45, 2.75) is 46.6 Å². The topological polar surface area (TPSA) is 52.0 Å². The van der Waals surface area contributed by atoms with Gasteiger partial charge in [0.25, 0.3) is 0 Å². The second-order valence-electron chi connectivity index (χ2n) is 3.97. The molecule has 0 saturated heterocycles. The number of hydrogen-bond donors (Lipinski definition) is 2. The summed E-state index contributed by atoms with van der Waals surface area (Å²) in [6.07, 6.45) is 1.05. The van der Waals surface area contributed by atoms with Crippen molar-refractivity contribution in [3.63, 3.8) is 0 Å². The molecule has 0 aliphatic carbocycles. The summed E-state index contributed by atoms with van der Waals surface area (Å²) in [5, 5.41) is 0.